The number of halogens is 3. The molecule has 1 heterocycles. The summed E-state index contributed by atoms with van der Waals surface area (Å²) in [5, 5.41) is 3.44. The van der Waals surface area contributed by atoms with E-state index in [4.69, 9.17) is 11.6 Å². The van der Waals surface area contributed by atoms with Crippen molar-refractivity contribution in [2.45, 2.75) is 0 Å². The maximum absolute atomic E-state index is 13.4. The van der Waals surface area contributed by atoms with Crippen LogP contribution in [0.4, 0.5) is 25.8 Å². The summed E-state index contributed by atoms with van der Waals surface area (Å²) in [7, 11) is 0. The Morgan fingerprint density at radius 2 is 1.53 bits per heavy atom. The average Bonchev–Trinajstić information content (AvgIpc) is 3.06. The Kier molecular flexibility index (Phi) is 6.34. The fourth-order valence-corrected chi connectivity index (χ4v) is 3.92. The van der Waals surface area contributed by atoms with Gasteiger partial charge in [-0.2, -0.15) is 0 Å². The fraction of sp³-hybridized carbons (Fsp3) is 0. The molecule has 1 aliphatic rings. The highest BCUT2D eigenvalue weighted by molar-refractivity contribution is 8.19. The van der Waals surface area contributed by atoms with Gasteiger partial charge in [-0.05, 0) is 84.6 Å². The number of carbonyl (C=O) groups is 2. The largest absolute Gasteiger partial charge is 0.322 e. The summed E-state index contributed by atoms with van der Waals surface area (Å²) < 4.78 is 26.6. The van der Waals surface area contributed by atoms with E-state index in [0.29, 0.717) is 22.1 Å². The fourth-order valence-electron chi connectivity index (χ4n) is 2.82. The van der Waals surface area contributed by atoms with Crippen LogP contribution >= 0.6 is 23.4 Å². The lowest BCUT2D eigenvalue weighted by Crippen LogP contribution is -2.28. The molecule has 0 spiro atoms. The number of carbonyl (C=O) groups excluding carboxylic acids is 2. The van der Waals surface area contributed by atoms with Crippen LogP contribution in [0.15, 0.2) is 88.8 Å². The molecular formula is C23H14ClF2N3O2S. The Balaban J connectivity index is 1.65. The smallest absolute Gasteiger partial charge is 0.271 e. The van der Waals surface area contributed by atoms with E-state index in [9.17, 15) is 18.4 Å². The molecule has 1 N–H and O–H groups in total. The van der Waals surface area contributed by atoms with Crippen LogP contribution in [0.1, 0.15) is 0 Å². The predicted octanol–water partition coefficient (Wildman–Crippen LogP) is 5.91. The molecule has 0 radical (unpaired) electrons. The molecule has 32 heavy (non-hydrogen) atoms. The zero-order valence-electron chi connectivity index (χ0n) is 16.3. The Morgan fingerprint density at radius 1 is 0.938 bits per heavy atom. The number of rotatable bonds is 4. The van der Waals surface area contributed by atoms with Crippen LogP contribution in [0, 0.1) is 11.6 Å². The molecule has 5 nitrogen and oxygen atoms in total. The molecule has 0 atom stereocenters. The van der Waals surface area contributed by atoms with Gasteiger partial charge in [0, 0.05) is 16.8 Å². The quantitative estimate of drug-likeness (QED) is 0.483. The Hall–Kier alpha value is -3.49. The van der Waals surface area contributed by atoms with Crippen molar-refractivity contribution < 1.29 is 18.4 Å². The maximum atomic E-state index is 13.4. The maximum Gasteiger partial charge on any atom is 0.271 e. The molecule has 0 aliphatic carbocycles. The van der Waals surface area contributed by atoms with E-state index in [1.54, 1.807) is 24.3 Å². The second-order valence-electron chi connectivity index (χ2n) is 6.59. The van der Waals surface area contributed by atoms with Crippen LogP contribution in [-0.4, -0.2) is 17.0 Å². The highest BCUT2D eigenvalue weighted by atomic mass is 35.5. The van der Waals surface area contributed by atoms with Crippen molar-refractivity contribution in [2.24, 2.45) is 4.99 Å². The lowest BCUT2D eigenvalue weighted by Gasteiger charge is -2.15. The first-order valence-electron chi connectivity index (χ1n) is 9.29. The van der Waals surface area contributed by atoms with Crippen LogP contribution in [0.25, 0.3) is 0 Å². The van der Waals surface area contributed by atoms with Gasteiger partial charge < -0.3 is 5.32 Å². The van der Waals surface area contributed by atoms with Crippen LogP contribution in [0.2, 0.25) is 5.02 Å². The zero-order valence-corrected chi connectivity index (χ0v) is 17.8. The van der Waals surface area contributed by atoms with Gasteiger partial charge in [0.15, 0.2) is 5.17 Å². The Bertz CT molecular complexity index is 1230. The summed E-state index contributed by atoms with van der Waals surface area (Å²) in [5.41, 5.74) is 1.31. The molecule has 4 rings (SSSR count). The van der Waals surface area contributed by atoms with Crippen molar-refractivity contribution in [3.05, 3.63) is 100 Å². The highest BCUT2D eigenvalue weighted by Gasteiger charge is 2.35. The lowest BCUT2D eigenvalue weighted by atomic mass is 10.2. The summed E-state index contributed by atoms with van der Waals surface area (Å²) in [4.78, 5) is 31.4. The minimum atomic E-state index is -0.509. The molecule has 3 aromatic rings. The molecule has 0 unspecified atom stereocenters. The number of nitrogens with one attached hydrogen (secondary N) is 1. The SMILES string of the molecule is O=C(C=C1SC(=Nc2ccc(F)cc2)N(c2ccc(F)cc2)C1=O)Nc1ccc(Cl)cc1. The van der Waals surface area contributed by atoms with Gasteiger partial charge in [-0.15, -0.1) is 0 Å². The number of thioether (sulfide) groups is 1. The van der Waals surface area contributed by atoms with Crippen molar-refractivity contribution in [1.29, 1.82) is 0 Å². The minimum absolute atomic E-state index is 0.127. The summed E-state index contributed by atoms with van der Waals surface area (Å²) >= 11 is 6.83. The Morgan fingerprint density at radius 3 is 2.16 bits per heavy atom. The van der Waals surface area contributed by atoms with Crippen LogP contribution in [-0.2, 0) is 9.59 Å². The first-order valence-corrected chi connectivity index (χ1v) is 10.5. The number of anilines is 2. The molecule has 1 aliphatic heterocycles. The highest BCUT2D eigenvalue weighted by Crippen LogP contribution is 2.36. The van der Waals surface area contributed by atoms with Crippen molar-refractivity contribution in [3.63, 3.8) is 0 Å². The number of benzene rings is 3. The zero-order chi connectivity index (χ0) is 22.7. The normalized spacial score (nSPS) is 16.1. The molecule has 0 aromatic heterocycles. The standard InChI is InChI=1S/C23H14ClF2N3O2S/c24-14-1-7-17(8-2-14)27-21(30)13-20-22(31)29(19-11-5-16(26)6-12-19)23(32-20)28-18-9-3-15(25)4-10-18/h1-13H,(H,27,30). The summed E-state index contributed by atoms with van der Waals surface area (Å²) in [6.45, 7) is 0. The van der Waals surface area contributed by atoms with E-state index < -0.39 is 23.4 Å². The molecule has 0 bridgehead atoms. The molecule has 1 saturated heterocycles. The molecule has 2 amide bonds. The topological polar surface area (TPSA) is 61.8 Å². The minimum Gasteiger partial charge on any atom is -0.322 e. The van der Waals surface area contributed by atoms with Crippen molar-refractivity contribution in [3.8, 4) is 0 Å². The number of aliphatic imine (C=N–C) groups is 1. The summed E-state index contributed by atoms with van der Waals surface area (Å²) in [6.07, 6.45) is 1.17. The third kappa shape index (κ3) is 5.04. The lowest BCUT2D eigenvalue weighted by molar-refractivity contribution is -0.115. The van der Waals surface area contributed by atoms with Crippen molar-refractivity contribution in [2.75, 3.05) is 10.2 Å². The van der Waals surface area contributed by atoms with Gasteiger partial charge in [-0.1, -0.05) is 11.6 Å². The van der Waals surface area contributed by atoms with Gasteiger partial charge in [0.05, 0.1) is 16.3 Å². The monoisotopic (exact) mass is 469 g/mol. The van der Waals surface area contributed by atoms with Crippen LogP contribution in [0.3, 0.4) is 0 Å². The van der Waals surface area contributed by atoms with E-state index in [1.165, 1.54) is 59.5 Å². The van der Waals surface area contributed by atoms with E-state index in [0.717, 1.165) is 11.8 Å². The van der Waals surface area contributed by atoms with E-state index in [-0.39, 0.29) is 10.1 Å². The van der Waals surface area contributed by atoms with Crippen LogP contribution < -0.4 is 10.2 Å². The second-order valence-corrected chi connectivity index (χ2v) is 8.04. The van der Waals surface area contributed by atoms with E-state index in [2.05, 4.69) is 10.3 Å². The number of nitrogens with zero attached hydrogens (tertiary/aromatic N) is 2. The Labute approximate surface area is 191 Å². The van der Waals surface area contributed by atoms with Gasteiger partial charge in [0.1, 0.15) is 11.6 Å². The first kappa shape index (κ1) is 21.7. The molecule has 1 fully saturated rings. The van der Waals surface area contributed by atoms with Gasteiger partial charge in [-0.25, -0.2) is 13.8 Å². The van der Waals surface area contributed by atoms with Crippen molar-refractivity contribution >= 4 is 57.4 Å². The van der Waals surface area contributed by atoms with Gasteiger partial charge in [0.2, 0.25) is 5.91 Å². The molecule has 0 saturated carbocycles. The summed E-state index contributed by atoms with van der Waals surface area (Å²) in [6, 6.07) is 17.3. The number of hydrogen-bond donors (Lipinski definition) is 1. The third-order valence-electron chi connectivity index (χ3n) is 4.32. The number of amides is 2. The van der Waals surface area contributed by atoms with Crippen molar-refractivity contribution in [1.82, 2.24) is 0 Å². The predicted molar refractivity (Wildman–Crippen MR) is 123 cm³/mol. The first-order chi connectivity index (χ1) is 15.4. The average molecular weight is 470 g/mol. The summed E-state index contributed by atoms with van der Waals surface area (Å²) in [5.74, 6) is -1.87. The number of hydrogen-bond acceptors (Lipinski definition) is 4. The van der Waals surface area contributed by atoms with Crippen LogP contribution in [0.5, 0.6) is 0 Å². The van der Waals surface area contributed by atoms with E-state index in [1.807, 2.05) is 0 Å². The molecule has 9 heteroatoms. The molecule has 160 valence electrons. The van der Waals surface area contributed by atoms with Gasteiger partial charge in [0.25, 0.3) is 5.91 Å². The molecule has 3 aromatic carbocycles. The third-order valence-corrected chi connectivity index (χ3v) is 5.54. The van der Waals surface area contributed by atoms with E-state index >= 15 is 0 Å². The molecular weight excluding hydrogens is 456 g/mol. The second kappa shape index (κ2) is 9.33. The van der Waals surface area contributed by atoms with Gasteiger partial charge in [-0.3, -0.25) is 14.5 Å². The number of amidine groups is 1. The van der Waals surface area contributed by atoms with Gasteiger partial charge >= 0.3 is 0 Å².